The number of rotatable bonds is 7. The summed E-state index contributed by atoms with van der Waals surface area (Å²) in [5.74, 6) is 0.320. The number of nitrogens with zero attached hydrogens (tertiary/aromatic N) is 6. The molecule has 1 N–H and O–H groups in total. The Morgan fingerprint density at radius 1 is 0.946 bits per heavy atom. The molecule has 1 amide bonds. The van der Waals surface area contributed by atoms with E-state index in [0.29, 0.717) is 16.7 Å². The molecule has 1 atom stereocenters. The molecule has 0 radical (unpaired) electrons. The summed E-state index contributed by atoms with van der Waals surface area (Å²) in [6.07, 6.45) is 3.43. The Morgan fingerprint density at radius 2 is 1.62 bits per heavy atom. The van der Waals surface area contributed by atoms with E-state index in [1.807, 2.05) is 77.4 Å². The molecule has 5 aromatic rings. The SMILES string of the molecule is Cc1c(NC(=O)[C@H](C)Sc2nnc(-c3cccnc3)n2-c2ccccc2)c(=O)n(-c2ccccc2)n1C. The van der Waals surface area contributed by atoms with Gasteiger partial charge in [-0.3, -0.25) is 23.8 Å². The predicted octanol–water partition coefficient (Wildman–Crippen LogP) is 4.25. The van der Waals surface area contributed by atoms with Gasteiger partial charge in [-0.05, 0) is 50.2 Å². The fourth-order valence-electron chi connectivity index (χ4n) is 3.99. The molecular formula is C27H25N7O2S. The summed E-state index contributed by atoms with van der Waals surface area (Å²) < 4.78 is 5.17. The van der Waals surface area contributed by atoms with Crippen LogP contribution in [0.3, 0.4) is 0 Å². The van der Waals surface area contributed by atoms with Crippen LogP contribution in [-0.2, 0) is 11.8 Å². The van der Waals surface area contributed by atoms with E-state index in [1.54, 1.807) is 38.0 Å². The molecule has 0 aliphatic rings. The molecule has 5 rings (SSSR count). The van der Waals surface area contributed by atoms with Gasteiger partial charge in [0.25, 0.3) is 5.56 Å². The Balaban J connectivity index is 1.43. The molecule has 0 fully saturated rings. The highest BCUT2D eigenvalue weighted by molar-refractivity contribution is 8.00. The number of hydrogen-bond acceptors (Lipinski definition) is 6. The molecule has 0 spiro atoms. The maximum Gasteiger partial charge on any atom is 0.295 e. The van der Waals surface area contributed by atoms with E-state index in [0.717, 1.165) is 16.9 Å². The van der Waals surface area contributed by atoms with Crippen molar-refractivity contribution in [1.29, 1.82) is 0 Å². The first kappa shape index (κ1) is 24.3. The van der Waals surface area contributed by atoms with Crippen LogP contribution in [0.4, 0.5) is 5.69 Å². The minimum atomic E-state index is -0.558. The van der Waals surface area contributed by atoms with Crippen LogP contribution < -0.4 is 10.9 Å². The summed E-state index contributed by atoms with van der Waals surface area (Å²) in [6, 6.07) is 22.8. The first-order valence-corrected chi connectivity index (χ1v) is 12.6. The van der Waals surface area contributed by atoms with Gasteiger partial charge in [0, 0.05) is 30.7 Å². The molecule has 0 bridgehead atoms. The molecule has 9 nitrogen and oxygen atoms in total. The molecular weight excluding hydrogens is 486 g/mol. The van der Waals surface area contributed by atoms with Crippen molar-refractivity contribution in [2.75, 3.05) is 5.32 Å². The average Bonchev–Trinajstić information content (AvgIpc) is 3.44. The van der Waals surface area contributed by atoms with E-state index in [1.165, 1.54) is 16.4 Å². The molecule has 10 heteroatoms. The van der Waals surface area contributed by atoms with Gasteiger partial charge in [-0.1, -0.05) is 48.2 Å². The number of pyridine rings is 1. The van der Waals surface area contributed by atoms with Crippen LogP contribution in [0, 0.1) is 6.92 Å². The number of benzene rings is 2. The van der Waals surface area contributed by atoms with Gasteiger partial charge >= 0.3 is 0 Å². The van der Waals surface area contributed by atoms with E-state index in [9.17, 15) is 9.59 Å². The second-order valence-corrected chi connectivity index (χ2v) is 9.71. The van der Waals surface area contributed by atoms with Crippen molar-refractivity contribution in [3.05, 3.63) is 101 Å². The highest BCUT2D eigenvalue weighted by atomic mass is 32.2. The van der Waals surface area contributed by atoms with Crippen molar-refractivity contribution in [3.8, 4) is 22.8 Å². The minimum Gasteiger partial charge on any atom is -0.319 e. The van der Waals surface area contributed by atoms with Crippen LogP contribution in [0.2, 0.25) is 0 Å². The van der Waals surface area contributed by atoms with Crippen molar-refractivity contribution in [2.24, 2.45) is 7.05 Å². The quantitative estimate of drug-likeness (QED) is 0.328. The van der Waals surface area contributed by atoms with Gasteiger partial charge in [0.15, 0.2) is 11.0 Å². The van der Waals surface area contributed by atoms with Crippen LogP contribution in [0.1, 0.15) is 12.6 Å². The number of anilines is 1. The molecule has 0 aliphatic carbocycles. The van der Waals surface area contributed by atoms with Gasteiger partial charge in [-0.2, -0.15) is 0 Å². The van der Waals surface area contributed by atoms with Crippen LogP contribution >= 0.6 is 11.8 Å². The number of thioether (sulfide) groups is 1. The first-order chi connectivity index (χ1) is 18.0. The Labute approximate surface area is 217 Å². The summed E-state index contributed by atoms with van der Waals surface area (Å²) in [5, 5.41) is 11.6. The fraction of sp³-hybridized carbons (Fsp3) is 0.148. The van der Waals surface area contributed by atoms with Gasteiger partial charge in [0.05, 0.1) is 16.6 Å². The molecule has 3 heterocycles. The van der Waals surface area contributed by atoms with Crippen molar-refractivity contribution >= 4 is 23.4 Å². The van der Waals surface area contributed by atoms with E-state index >= 15 is 0 Å². The van der Waals surface area contributed by atoms with Crippen molar-refractivity contribution in [3.63, 3.8) is 0 Å². The molecule has 186 valence electrons. The third-order valence-electron chi connectivity index (χ3n) is 6.02. The maximum atomic E-state index is 13.2. The van der Waals surface area contributed by atoms with Gasteiger partial charge in [-0.25, -0.2) is 4.68 Å². The van der Waals surface area contributed by atoms with Crippen molar-refractivity contribution in [1.82, 2.24) is 29.1 Å². The van der Waals surface area contributed by atoms with Crippen LogP contribution in [0.25, 0.3) is 22.8 Å². The van der Waals surface area contributed by atoms with Crippen LogP contribution in [-0.4, -0.2) is 40.3 Å². The number of carbonyl (C=O) groups is 1. The smallest absolute Gasteiger partial charge is 0.295 e. The normalized spacial score (nSPS) is 11.9. The standard InChI is InChI=1S/C27H25N7O2S/c1-18-23(26(36)34(32(18)3)22-14-8-5-9-15-22)29-25(35)19(2)37-27-31-30-24(20-11-10-16-28-17-20)33(27)21-12-6-4-7-13-21/h4-17,19H,1-3H3,(H,29,35)/t19-/m0/s1. The highest BCUT2D eigenvalue weighted by Gasteiger charge is 2.25. The lowest BCUT2D eigenvalue weighted by Crippen LogP contribution is -2.27. The molecule has 0 unspecified atom stereocenters. The molecule has 2 aromatic carbocycles. The Morgan fingerprint density at radius 3 is 2.27 bits per heavy atom. The number of amides is 1. The summed E-state index contributed by atoms with van der Waals surface area (Å²) in [7, 11) is 1.79. The third-order valence-corrected chi connectivity index (χ3v) is 7.06. The molecule has 0 saturated heterocycles. The highest BCUT2D eigenvalue weighted by Crippen LogP contribution is 2.30. The Bertz CT molecular complexity index is 1590. The van der Waals surface area contributed by atoms with E-state index in [-0.39, 0.29) is 17.2 Å². The third kappa shape index (κ3) is 4.70. The lowest BCUT2D eigenvalue weighted by atomic mass is 10.2. The van der Waals surface area contributed by atoms with Crippen molar-refractivity contribution in [2.45, 2.75) is 24.3 Å². The Hall–Kier alpha value is -4.44. The summed E-state index contributed by atoms with van der Waals surface area (Å²) in [4.78, 5) is 30.7. The zero-order chi connectivity index (χ0) is 25.9. The van der Waals surface area contributed by atoms with Crippen LogP contribution in [0.5, 0.6) is 0 Å². The topological polar surface area (TPSA) is 99.6 Å². The molecule has 0 saturated carbocycles. The van der Waals surface area contributed by atoms with E-state index < -0.39 is 5.25 Å². The monoisotopic (exact) mass is 511 g/mol. The van der Waals surface area contributed by atoms with Gasteiger partial charge in [0.2, 0.25) is 5.91 Å². The average molecular weight is 512 g/mol. The zero-order valence-electron chi connectivity index (χ0n) is 20.6. The Kier molecular flexibility index (Phi) is 6.74. The fourth-order valence-corrected chi connectivity index (χ4v) is 4.85. The first-order valence-electron chi connectivity index (χ1n) is 11.7. The number of carbonyl (C=O) groups excluding carboxylic acids is 1. The maximum absolute atomic E-state index is 13.2. The number of hydrogen-bond donors (Lipinski definition) is 1. The molecule has 3 aromatic heterocycles. The second kappa shape index (κ2) is 10.3. The summed E-state index contributed by atoms with van der Waals surface area (Å²) in [6.45, 7) is 3.59. The largest absolute Gasteiger partial charge is 0.319 e. The van der Waals surface area contributed by atoms with Gasteiger partial charge < -0.3 is 5.32 Å². The number of nitrogens with one attached hydrogen (secondary N) is 1. The predicted molar refractivity (Wildman–Crippen MR) is 144 cm³/mol. The lowest BCUT2D eigenvalue weighted by Gasteiger charge is -2.13. The second-order valence-electron chi connectivity index (χ2n) is 8.40. The lowest BCUT2D eigenvalue weighted by molar-refractivity contribution is -0.115. The molecule has 37 heavy (non-hydrogen) atoms. The number of para-hydroxylation sites is 2. The summed E-state index contributed by atoms with van der Waals surface area (Å²) >= 11 is 1.27. The number of aromatic nitrogens is 6. The zero-order valence-corrected chi connectivity index (χ0v) is 21.4. The minimum absolute atomic E-state index is 0.254. The van der Waals surface area contributed by atoms with E-state index in [4.69, 9.17) is 0 Å². The van der Waals surface area contributed by atoms with Gasteiger partial charge in [0.1, 0.15) is 5.69 Å². The van der Waals surface area contributed by atoms with Crippen LogP contribution in [0.15, 0.2) is 95.1 Å². The van der Waals surface area contributed by atoms with Gasteiger partial charge in [-0.15, -0.1) is 10.2 Å². The van der Waals surface area contributed by atoms with E-state index in [2.05, 4.69) is 20.5 Å². The summed E-state index contributed by atoms with van der Waals surface area (Å²) in [5.41, 5.74) is 3.02. The molecule has 0 aliphatic heterocycles. The van der Waals surface area contributed by atoms with Crippen molar-refractivity contribution < 1.29 is 4.79 Å².